The van der Waals surface area contributed by atoms with Gasteiger partial charge in [0.05, 0.1) is 33.1 Å². The van der Waals surface area contributed by atoms with Crippen molar-refractivity contribution < 1.29 is 13.3 Å². The molecule has 9 aromatic heterocycles. The number of hydrogen-bond donors (Lipinski definition) is 0. The molecule has 0 N–H and O–H groups in total. The van der Waals surface area contributed by atoms with Gasteiger partial charge >= 0.3 is 0 Å². The largest absolute Gasteiger partial charge is 0.455 e. The van der Waals surface area contributed by atoms with Crippen LogP contribution in [0.2, 0.25) is 0 Å². The first-order valence-electron chi connectivity index (χ1n) is 49.6. The maximum absolute atomic E-state index is 7.10. The topological polar surface area (TPSA) is 170 Å². The fourth-order valence-electron chi connectivity index (χ4n) is 22.2. The van der Waals surface area contributed by atoms with E-state index in [4.69, 9.17) is 58.1 Å². The van der Waals surface area contributed by atoms with E-state index in [-0.39, 0.29) is 0 Å². The number of benzene rings is 21. The van der Waals surface area contributed by atoms with Gasteiger partial charge in [0.2, 0.25) is 17.8 Å². The zero-order valence-electron chi connectivity index (χ0n) is 79.1. The van der Waals surface area contributed by atoms with Crippen LogP contribution in [0.15, 0.2) is 486 Å². The van der Waals surface area contributed by atoms with Crippen molar-refractivity contribution in [2.75, 3.05) is 0 Å². The first kappa shape index (κ1) is 83.5. The van der Waals surface area contributed by atoms with Gasteiger partial charge in [-0.05, 0) is 151 Å². The molecular formula is C133H78N12O3. The summed E-state index contributed by atoms with van der Waals surface area (Å²) >= 11 is 0. The van der Waals surface area contributed by atoms with Crippen molar-refractivity contribution in [2.45, 2.75) is 0 Å². The van der Waals surface area contributed by atoms with Crippen molar-refractivity contribution in [2.24, 2.45) is 0 Å². The number of fused-ring (bicyclic) bond motifs is 19. The van der Waals surface area contributed by atoms with E-state index in [1.165, 1.54) is 5.56 Å². The van der Waals surface area contributed by atoms with E-state index in [0.717, 1.165) is 242 Å². The molecule has 21 aromatic carbocycles. The van der Waals surface area contributed by atoms with Gasteiger partial charge in [0.15, 0.2) is 34.9 Å². The number of hydrogen-bond acceptors (Lipinski definition) is 12. The molecular weight excluding hydrogens is 1810 g/mol. The average molecular weight is 1890 g/mol. The molecule has 0 radical (unpaired) electrons. The molecule has 0 aliphatic heterocycles. The molecule has 0 spiro atoms. The van der Waals surface area contributed by atoms with E-state index in [1.807, 2.05) is 42.5 Å². The lowest BCUT2D eigenvalue weighted by molar-refractivity contribution is 0.669. The van der Waals surface area contributed by atoms with Gasteiger partial charge in [-0.2, -0.15) is 29.9 Å². The van der Waals surface area contributed by atoms with Gasteiger partial charge in [0.25, 0.3) is 0 Å². The highest BCUT2D eigenvalue weighted by atomic mass is 16.3. The quantitative estimate of drug-likeness (QED) is 0.0898. The molecule has 9 heterocycles. The molecule has 688 valence electrons. The maximum Gasteiger partial charge on any atom is 0.238 e. The third kappa shape index (κ3) is 13.8. The van der Waals surface area contributed by atoms with Gasteiger partial charge in [0, 0.05) is 115 Å². The zero-order valence-corrected chi connectivity index (χ0v) is 79.1. The predicted molar refractivity (Wildman–Crippen MR) is 600 cm³/mol. The SMILES string of the molecule is c1ccc(-c2ccc(-c3cccc4c3oc3cc(-c5nc(-c6ccccc6)nc(-n6c7ccccc7c7cc(-c8ccc(-c9nc(-c%10ccc%11c(c%10)oc%10c(-c%12cccc%13ccccc%12%13)cccc%10%11)nc(-n%10c%11ccccc%11c%11ccc(-c%12ccc(-c%13nc(-c%14ccc%15c(c%14)oc%14c(-c%16ccccc%16)cccc%14%15)nc(-n%14c%15ccccc%15c%15c(-c%16ccccc%16)cccc%15%14)n%13)cc%12)cc%11%10)n9)cc8)ccc76)n5)ccc34)cc2)cc1. The van der Waals surface area contributed by atoms with Crippen molar-refractivity contribution >= 4 is 142 Å². The van der Waals surface area contributed by atoms with E-state index < -0.39 is 0 Å². The average Bonchev–Trinajstić information content (AvgIpc) is 1.58. The van der Waals surface area contributed by atoms with Crippen molar-refractivity contribution in [3.05, 3.63) is 473 Å². The predicted octanol–water partition coefficient (Wildman–Crippen LogP) is 34.1. The third-order valence-corrected chi connectivity index (χ3v) is 29.3. The van der Waals surface area contributed by atoms with Gasteiger partial charge in [0.1, 0.15) is 33.5 Å². The fourth-order valence-corrected chi connectivity index (χ4v) is 22.2. The second-order valence-electron chi connectivity index (χ2n) is 37.8. The Bertz CT molecular complexity index is 10700. The first-order chi connectivity index (χ1) is 73.3. The van der Waals surface area contributed by atoms with Gasteiger partial charge in [-0.25, -0.2) is 15.0 Å². The summed E-state index contributed by atoms with van der Waals surface area (Å²) in [6.45, 7) is 0. The summed E-state index contributed by atoms with van der Waals surface area (Å²) in [5, 5.41) is 14.7. The van der Waals surface area contributed by atoms with Gasteiger partial charge in [-0.1, -0.05) is 394 Å². The monoisotopic (exact) mass is 1890 g/mol. The highest BCUT2D eigenvalue weighted by Crippen LogP contribution is 2.48. The van der Waals surface area contributed by atoms with Crippen LogP contribution in [0.4, 0.5) is 0 Å². The lowest BCUT2D eigenvalue weighted by Gasteiger charge is -2.12. The summed E-state index contributed by atoms with van der Waals surface area (Å²) in [7, 11) is 0. The smallest absolute Gasteiger partial charge is 0.238 e. The zero-order chi connectivity index (χ0) is 97.1. The minimum absolute atomic E-state index is 0.439. The van der Waals surface area contributed by atoms with E-state index in [9.17, 15) is 0 Å². The second kappa shape index (κ2) is 33.7. The van der Waals surface area contributed by atoms with Crippen molar-refractivity contribution in [3.8, 4) is 164 Å². The Labute approximate surface area is 845 Å². The van der Waals surface area contributed by atoms with E-state index in [0.29, 0.717) is 58.4 Å². The van der Waals surface area contributed by atoms with Crippen LogP contribution in [-0.2, 0) is 0 Å². The van der Waals surface area contributed by atoms with Crippen molar-refractivity contribution in [3.63, 3.8) is 0 Å². The highest BCUT2D eigenvalue weighted by Gasteiger charge is 2.28. The van der Waals surface area contributed by atoms with Gasteiger partial charge in [-0.15, -0.1) is 0 Å². The number of para-hydroxylation sites is 6. The van der Waals surface area contributed by atoms with Crippen LogP contribution >= 0.6 is 0 Å². The molecule has 0 aliphatic carbocycles. The molecule has 0 unspecified atom stereocenters. The second-order valence-corrected chi connectivity index (χ2v) is 37.8. The molecule has 0 bridgehead atoms. The minimum atomic E-state index is 0.439. The third-order valence-electron chi connectivity index (χ3n) is 29.3. The molecule has 0 amide bonds. The van der Waals surface area contributed by atoms with Crippen LogP contribution in [0.25, 0.3) is 306 Å². The first-order valence-corrected chi connectivity index (χ1v) is 49.6. The Balaban J connectivity index is 0.532. The van der Waals surface area contributed by atoms with E-state index in [2.05, 4.69) is 444 Å². The highest BCUT2D eigenvalue weighted by molar-refractivity contribution is 6.19. The number of furan rings is 3. The lowest BCUT2D eigenvalue weighted by atomic mass is 9.96. The fraction of sp³-hybridized carbons (Fsp3) is 0. The van der Waals surface area contributed by atoms with Gasteiger partial charge in [-0.3, -0.25) is 13.7 Å². The Morgan fingerprint density at radius 3 is 0.946 bits per heavy atom. The van der Waals surface area contributed by atoms with E-state index >= 15 is 0 Å². The van der Waals surface area contributed by atoms with Crippen molar-refractivity contribution in [1.82, 2.24) is 58.6 Å². The molecule has 0 saturated carbocycles. The lowest BCUT2D eigenvalue weighted by Crippen LogP contribution is -2.06. The Morgan fingerprint density at radius 2 is 0.426 bits per heavy atom. The molecule has 15 heteroatoms. The standard InChI is InChI=1S/C133H78N12O3/c1-5-26-79(27-6-1)80-52-58-86(59-53-80)98-42-23-46-108-104-71-65-92(76-119(104)147-123(98)108)128-134-125(87-33-11-4-12-34-87)137-131(140-128)143-113-49-19-16-38-101(113)111-74-90(68-73-115(111)143)81-54-60-88(61-55-81)127-136-130(94-67-72-105-109-47-24-44-106(124(109)148-120(105)78-94)99-43-21-35-83-32-13-14-36-95(83)99)142-133(139-127)145-112-48-18-15-37-100(112)102-69-64-91(75-117(102)145)82-56-62-89(63-57-82)126-135-129(93-66-70-103-107-45-22-41-97(85-30-9-3-10-31-85)122(107)146-118(103)77-93)141-132(138-126)144-114-50-20-17-39-110(114)121-96(40-25-51-116(121)144)84-28-7-2-8-29-84/h1-78H. The number of rotatable bonds is 16. The summed E-state index contributed by atoms with van der Waals surface area (Å²) in [6.07, 6.45) is 0. The summed E-state index contributed by atoms with van der Waals surface area (Å²) in [5.74, 6) is 4.41. The summed E-state index contributed by atoms with van der Waals surface area (Å²) in [6, 6.07) is 166. The van der Waals surface area contributed by atoms with Crippen LogP contribution in [-0.4, -0.2) is 58.6 Å². The number of aromatic nitrogens is 12. The van der Waals surface area contributed by atoms with Crippen LogP contribution in [0.1, 0.15) is 0 Å². The summed E-state index contributed by atoms with van der Waals surface area (Å²) in [5.41, 5.74) is 29.9. The molecule has 30 rings (SSSR count). The maximum atomic E-state index is 7.10. The molecule has 0 aliphatic rings. The summed E-state index contributed by atoms with van der Waals surface area (Å²) in [4.78, 5) is 49.1. The Kier molecular flexibility index (Phi) is 19.0. The van der Waals surface area contributed by atoms with Gasteiger partial charge < -0.3 is 13.3 Å². The van der Waals surface area contributed by atoms with Crippen LogP contribution < -0.4 is 0 Å². The molecule has 0 fully saturated rings. The van der Waals surface area contributed by atoms with Crippen LogP contribution in [0.3, 0.4) is 0 Å². The van der Waals surface area contributed by atoms with Crippen LogP contribution in [0.5, 0.6) is 0 Å². The molecule has 15 nitrogen and oxygen atoms in total. The summed E-state index contributed by atoms with van der Waals surface area (Å²) < 4.78 is 27.5. The Morgan fingerprint density at radius 1 is 0.142 bits per heavy atom. The normalized spacial score (nSPS) is 11.9. The van der Waals surface area contributed by atoms with E-state index in [1.54, 1.807) is 0 Å². The molecule has 30 aromatic rings. The molecule has 148 heavy (non-hydrogen) atoms. The van der Waals surface area contributed by atoms with Crippen LogP contribution in [0, 0.1) is 0 Å². The number of nitrogens with zero attached hydrogens (tertiary/aromatic N) is 12. The molecule has 0 saturated heterocycles. The minimum Gasteiger partial charge on any atom is -0.455 e. The Hall–Kier alpha value is -20.3. The molecule has 0 atom stereocenters. The van der Waals surface area contributed by atoms with Crippen molar-refractivity contribution in [1.29, 1.82) is 0 Å².